The van der Waals surface area contributed by atoms with E-state index in [1.54, 1.807) is 0 Å². The monoisotopic (exact) mass is 352 g/mol. The molecular weight excluding hydrogens is 324 g/mol. The molecule has 0 saturated carbocycles. The van der Waals surface area contributed by atoms with Crippen LogP contribution in [0.25, 0.3) is 0 Å². The molecule has 0 bridgehead atoms. The summed E-state index contributed by atoms with van der Waals surface area (Å²) in [6.07, 6.45) is 16.4. The summed E-state index contributed by atoms with van der Waals surface area (Å²) in [5.74, 6) is 0.325. The second-order valence-electron chi connectivity index (χ2n) is 5.08. The molecule has 0 fully saturated rings. The zero-order chi connectivity index (χ0) is 14.4. The van der Waals surface area contributed by atoms with E-state index in [0.717, 1.165) is 25.7 Å². The molecule has 0 spiro atoms. The third-order valence-corrected chi connectivity index (χ3v) is 6.47. The van der Waals surface area contributed by atoms with Crippen LogP contribution in [0.4, 0.5) is 0 Å². The molecule has 0 heterocycles. The third-order valence-electron chi connectivity index (χ3n) is 3.13. The van der Waals surface area contributed by atoms with Crippen LogP contribution in [0, 0.1) is 0 Å². The third kappa shape index (κ3) is 14.4. The van der Waals surface area contributed by atoms with Crippen molar-refractivity contribution in [3.05, 3.63) is 12.2 Å². The molecule has 0 aromatic heterocycles. The number of rotatable bonds is 13. The van der Waals surface area contributed by atoms with Crippen molar-refractivity contribution in [2.75, 3.05) is 10.4 Å². The van der Waals surface area contributed by atoms with Crippen LogP contribution < -0.4 is 0 Å². The van der Waals surface area contributed by atoms with Crippen molar-refractivity contribution in [3.63, 3.8) is 0 Å². The van der Waals surface area contributed by atoms with Gasteiger partial charge in [0.25, 0.3) is 0 Å². The van der Waals surface area contributed by atoms with E-state index in [0.29, 0.717) is 5.75 Å². The first-order valence-electron chi connectivity index (χ1n) is 7.53. The Bertz CT molecular complexity index is 310. The van der Waals surface area contributed by atoms with Gasteiger partial charge in [-0.15, -0.1) is 0 Å². The Labute approximate surface area is 128 Å². The summed E-state index contributed by atoms with van der Waals surface area (Å²) in [5, 5.41) is 0. The van der Waals surface area contributed by atoms with Gasteiger partial charge in [-0.3, -0.25) is 0 Å². The highest BCUT2D eigenvalue weighted by Crippen LogP contribution is 2.08. The lowest BCUT2D eigenvalue weighted by molar-refractivity contribution is 0.592. The van der Waals surface area contributed by atoms with Gasteiger partial charge in [0.15, 0.2) is 9.84 Å². The fourth-order valence-electron chi connectivity index (χ4n) is 1.92. The van der Waals surface area contributed by atoms with Gasteiger partial charge < -0.3 is 0 Å². The van der Waals surface area contributed by atoms with Crippen LogP contribution in [-0.4, -0.2) is 18.8 Å². The molecule has 0 atom stereocenters. The van der Waals surface area contributed by atoms with E-state index < -0.39 is 9.84 Å². The molecule has 2 nitrogen and oxygen atoms in total. The van der Waals surface area contributed by atoms with Gasteiger partial charge in [0.05, 0.1) is 5.75 Å². The second-order valence-corrected chi connectivity index (χ2v) is 8.57. The molecule has 114 valence electrons. The predicted octanol–water partition coefficient (Wildman–Crippen LogP) is 5.23. The average Bonchev–Trinajstić information content (AvgIpc) is 2.40. The van der Waals surface area contributed by atoms with E-state index >= 15 is 0 Å². The maximum atomic E-state index is 11.2. The first kappa shape index (κ1) is 19.2. The largest absolute Gasteiger partial charge is 0.228 e. The minimum absolute atomic E-state index is 0.0980. The van der Waals surface area contributed by atoms with Crippen molar-refractivity contribution < 1.29 is 8.42 Å². The molecule has 0 aliphatic heterocycles. The lowest BCUT2D eigenvalue weighted by Crippen LogP contribution is -2.06. The average molecular weight is 353 g/mol. The van der Waals surface area contributed by atoms with Crippen molar-refractivity contribution in [2.45, 2.75) is 71.1 Å². The smallest absolute Gasteiger partial charge is 0.160 e. The highest BCUT2D eigenvalue weighted by atomic mass is 79.9. The fraction of sp³-hybridized carbons (Fsp3) is 0.867. The Hall–Kier alpha value is 0.170. The summed E-state index contributed by atoms with van der Waals surface area (Å²) in [6.45, 7) is 2.24. The van der Waals surface area contributed by atoms with E-state index in [4.69, 9.17) is 0 Å². The van der Waals surface area contributed by atoms with Gasteiger partial charge in [-0.25, -0.2) is 8.42 Å². The van der Waals surface area contributed by atoms with Gasteiger partial charge in [-0.05, 0) is 32.1 Å². The molecule has 0 saturated heterocycles. The number of allylic oxidation sites excluding steroid dienone is 2. The molecular formula is C15H29BrO2S. The number of unbranched alkanes of at least 4 members (excludes halogenated alkanes) is 8. The van der Waals surface area contributed by atoms with Gasteiger partial charge in [-0.2, -0.15) is 0 Å². The molecule has 0 aliphatic carbocycles. The summed E-state index contributed by atoms with van der Waals surface area (Å²) >= 11 is 3.01. The number of hydrogen-bond acceptors (Lipinski definition) is 2. The van der Waals surface area contributed by atoms with E-state index in [-0.39, 0.29) is 4.66 Å². The molecule has 0 aromatic carbocycles. The van der Waals surface area contributed by atoms with Gasteiger partial charge in [0.2, 0.25) is 0 Å². The van der Waals surface area contributed by atoms with Crippen LogP contribution in [0.5, 0.6) is 0 Å². The molecule has 0 N–H and O–H groups in total. The van der Waals surface area contributed by atoms with Crippen molar-refractivity contribution in [1.82, 2.24) is 0 Å². The zero-order valence-corrected chi connectivity index (χ0v) is 14.6. The van der Waals surface area contributed by atoms with Crippen molar-refractivity contribution in [3.8, 4) is 0 Å². The summed E-state index contributed by atoms with van der Waals surface area (Å²) in [5.41, 5.74) is 0. The molecule has 0 unspecified atom stereocenters. The molecule has 0 aromatic rings. The van der Waals surface area contributed by atoms with Crippen LogP contribution in [-0.2, 0) is 9.84 Å². The van der Waals surface area contributed by atoms with Crippen LogP contribution in [0.15, 0.2) is 12.2 Å². The van der Waals surface area contributed by atoms with E-state index in [1.165, 1.54) is 38.5 Å². The minimum atomic E-state index is -2.83. The lowest BCUT2D eigenvalue weighted by atomic mass is 10.1. The van der Waals surface area contributed by atoms with Crippen molar-refractivity contribution in [1.29, 1.82) is 0 Å². The zero-order valence-electron chi connectivity index (χ0n) is 12.2. The van der Waals surface area contributed by atoms with E-state index in [1.807, 2.05) is 0 Å². The number of alkyl halides is 1. The second kappa shape index (κ2) is 13.2. The molecule has 0 rings (SSSR count). The Morgan fingerprint density at radius 1 is 0.842 bits per heavy atom. The molecule has 4 heteroatoms. The van der Waals surface area contributed by atoms with Gasteiger partial charge in [-0.1, -0.05) is 67.1 Å². The van der Waals surface area contributed by atoms with Gasteiger partial charge >= 0.3 is 0 Å². The van der Waals surface area contributed by atoms with Crippen LogP contribution >= 0.6 is 15.9 Å². The first-order valence-corrected chi connectivity index (χ1v) is 10.5. The summed E-state index contributed by atoms with van der Waals surface area (Å²) in [6, 6.07) is 0. The highest BCUT2D eigenvalue weighted by Gasteiger charge is 2.06. The highest BCUT2D eigenvalue weighted by molar-refractivity contribution is 9.10. The lowest BCUT2D eigenvalue weighted by Gasteiger charge is -2.00. The topological polar surface area (TPSA) is 34.1 Å². The van der Waals surface area contributed by atoms with Gasteiger partial charge in [0, 0.05) is 0 Å². The Morgan fingerprint density at radius 3 is 1.89 bits per heavy atom. The van der Waals surface area contributed by atoms with Crippen molar-refractivity contribution in [2.24, 2.45) is 0 Å². The normalized spacial score (nSPS) is 12.3. The summed E-state index contributed by atoms with van der Waals surface area (Å²) in [4.78, 5) is 0. The predicted molar refractivity (Wildman–Crippen MR) is 88.6 cm³/mol. The Morgan fingerprint density at radius 2 is 1.37 bits per heavy atom. The number of hydrogen-bond donors (Lipinski definition) is 0. The van der Waals surface area contributed by atoms with Gasteiger partial charge in [0.1, 0.15) is 4.66 Å². The van der Waals surface area contributed by atoms with Crippen LogP contribution in [0.3, 0.4) is 0 Å². The fourth-order valence-corrected chi connectivity index (χ4v) is 3.36. The van der Waals surface area contributed by atoms with Crippen LogP contribution in [0.2, 0.25) is 0 Å². The maximum absolute atomic E-state index is 11.2. The minimum Gasteiger partial charge on any atom is -0.228 e. The SMILES string of the molecule is CCCCCCC=CCCCCCCS(=O)(=O)CBr. The van der Waals surface area contributed by atoms with E-state index in [2.05, 4.69) is 35.0 Å². The number of halogens is 1. The van der Waals surface area contributed by atoms with Crippen molar-refractivity contribution >= 4 is 25.8 Å². The molecule has 0 aliphatic rings. The van der Waals surface area contributed by atoms with Crippen LogP contribution in [0.1, 0.15) is 71.1 Å². The van der Waals surface area contributed by atoms with E-state index in [9.17, 15) is 8.42 Å². The molecule has 0 radical (unpaired) electrons. The first-order chi connectivity index (χ1) is 9.12. The Balaban J connectivity index is 3.25. The molecule has 0 amide bonds. The summed E-state index contributed by atoms with van der Waals surface area (Å²) < 4.78 is 22.5. The molecule has 19 heavy (non-hydrogen) atoms. The number of sulfone groups is 1. The standard InChI is InChI=1S/C15H29BrO2S/c1-2-3-4-5-6-7-8-9-10-11-12-13-14-19(17,18)15-16/h7-8H,2-6,9-15H2,1H3. The maximum Gasteiger partial charge on any atom is 0.160 e. The quantitative estimate of drug-likeness (QED) is 0.258. The summed E-state index contributed by atoms with van der Waals surface area (Å²) in [7, 11) is -2.83. The Kier molecular flexibility index (Phi) is 13.3.